The van der Waals surface area contributed by atoms with Crippen LogP contribution in [0, 0.1) is 11.8 Å². The lowest BCUT2D eigenvalue weighted by Gasteiger charge is -2.16. The molecule has 0 spiro atoms. The van der Waals surface area contributed by atoms with Crippen LogP contribution in [-0.2, 0) is 14.4 Å². The molecule has 1 amide bonds. The van der Waals surface area contributed by atoms with E-state index >= 15 is 0 Å². The summed E-state index contributed by atoms with van der Waals surface area (Å²) in [4.78, 5) is 31.9. The van der Waals surface area contributed by atoms with Crippen LogP contribution < -0.4 is 10.1 Å². The number of nitrogens with zero attached hydrogens (tertiary/aromatic N) is 1. The maximum absolute atomic E-state index is 11.1. The number of carbonyl (C=O) groups excluding carboxylic acids is 1. The molecule has 0 radical (unpaired) electrons. The third-order valence-electron chi connectivity index (χ3n) is 5.03. The molecule has 28 heavy (non-hydrogen) atoms. The van der Waals surface area contributed by atoms with Crippen molar-refractivity contribution >= 4 is 23.5 Å². The molecular weight excluding hydrogens is 364 g/mol. The van der Waals surface area contributed by atoms with Crippen LogP contribution in [0.2, 0.25) is 0 Å². The molecule has 3 rings (SSSR count). The van der Waals surface area contributed by atoms with Crippen LogP contribution in [0.25, 0.3) is 0 Å². The van der Waals surface area contributed by atoms with Gasteiger partial charge in [-0.3, -0.25) is 4.79 Å². The van der Waals surface area contributed by atoms with Gasteiger partial charge >= 0.3 is 11.9 Å². The zero-order chi connectivity index (χ0) is 20.5. The Labute approximate surface area is 164 Å². The Hall–Kier alpha value is -2.61. The predicted octanol–water partition coefficient (Wildman–Crippen LogP) is 2.30. The first-order chi connectivity index (χ1) is 13.3. The summed E-state index contributed by atoms with van der Waals surface area (Å²) in [6, 6.07) is 7.59. The molecule has 1 saturated carbocycles. The van der Waals surface area contributed by atoms with Gasteiger partial charge in [0.1, 0.15) is 5.75 Å². The van der Waals surface area contributed by atoms with Gasteiger partial charge in [-0.2, -0.15) is 0 Å². The van der Waals surface area contributed by atoms with Crippen LogP contribution in [-0.4, -0.2) is 59.2 Å². The van der Waals surface area contributed by atoms with Crippen molar-refractivity contribution in [3.05, 3.63) is 24.3 Å². The van der Waals surface area contributed by atoms with Crippen molar-refractivity contribution in [1.82, 2.24) is 4.90 Å². The first-order valence-electron chi connectivity index (χ1n) is 9.54. The number of carboxylic acids is 2. The van der Waals surface area contributed by atoms with Crippen LogP contribution in [0.15, 0.2) is 24.3 Å². The van der Waals surface area contributed by atoms with Gasteiger partial charge in [0.2, 0.25) is 5.91 Å². The molecule has 2 atom stereocenters. The Morgan fingerprint density at radius 2 is 1.79 bits per heavy atom. The number of nitrogens with one attached hydrogen (secondary N) is 1. The zero-order valence-corrected chi connectivity index (χ0v) is 16.1. The number of benzene rings is 1. The smallest absolute Gasteiger partial charge is 0.414 e. The van der Waals surface area contributed by atoms with Crippen LogP contribution in [0.1, 0.15) is 32.6 Å². The summed E-state index contributed by atoms with van der Waals surface area (Å²) in [5.41, 5.74) is 0.789. The van der Waals surface area contributed by atoms with Crippen LogP contribution in [0.3, 0.4) is 0 Å². The lowest BCUT2D eigenvalue weighted by Crippen LogP contribution is -2.24. The van der Waals surface area contributed by atoms with Gasteiger partial charge in [-0.05, 0) is 43.2 Å². The fourth-order valence-corrected chi connectivity index (χ4v) is 3.86. The monoisotopic (exact) mass is 392 g/mol. The average Bonchev–Trinajstić information content (AvgIpc) is 3.20. The molecule has 3 N–H and O–H groups in total. The third kappa shape index (κ3) is 7.19. The van der Waals surface area contributed by atoms with E-state index in [1.54, 1.807) is 0 Å². The van der Waals surface area contributed by atoms with Crippen molar-refractivity contribution in [1.29, 1.82) is 0 Å². The van der Waals surface area contributed by atoms with E-state index in [0.717, 1.165) is 42.8 Å². The number of amides is 1. The van der Waals surface area contributed by atoms with Gasteiger partial charge in [0.05, 0.1) is 6.61 Å². The zero-order valence-electron chi connectivity index (χ0n) is 16.1. The van der Waals surface area contributed by atoms with Crippen molar-refractivity contribution in [2.24, 2.45) is 11.8 Å². The third-order valence-corrected chi connectivity index (χ3v) is 5.03. The van der Waals surface area contributed by atoms with E-state index in [1.165, 1.54) is 39.3 Å². The fourth-order valence-electron chi connectivity index (χ4n) is 3.86. The van der Waals surface area contributed by atoms with Gasteiger partial charge in [0.15, 0.2) is 0 Å². The molecule has 1 aliphatic heterocycles. The maximum atomic E-state index is 11.1. The summed E-state index contributed by atoms with van der Waals surface area (Å²) in [5.74, 6) is -0.947. The minimum atomic E-state index is -1.82. The van der Waals surface area contributed by atoms with Crippen molar-refractivity contribution in [3.8, 4) is 5.75 Å². The molecule has 1 aromatic carbocycles. The molecule has 2 aliphatic rings. The molecule has 8 nitrogen and oxygen atoms in total. The second-order valence-corrected chi connectivity index (χ2v) is 7.23. The highest BCUT2D eigenvalue weighted by atomic mass is 16.5. The number of hydrogen-bond acceptors (Lipinski definition) is 5. The number of ether oxygens (including phenoxy) is 1. The summed E-state index contributed by atoms with van der Waals surface area (Å²) in [6.07, 6.45) is 5.38. The number of rotatable bonds is 6. The molecule has 0 bridgehead atoms. The molecule has 1 aromatic rings. The number of carboxylic acid groups (broad SMARTS) is 2. The minimum absolute atomic E-state index is 0.0586. The summed E-state index contributed by atoms with van der Waals surface area (Å²) in [6.45, 7) is 5.97. The molecule has 8 heteroatoms. The van der Waals surface area contributed by atoms with E-state index < -0.39 is 11.9 Å². The van der Waals surface area contributed by atoms with Gasteiger partial charge in [0.25, 0.3) is 0 Å². The molecule has 1 aliphatic carbocycles. The summed E-state index contributed by atoms with van der Waals surface area (Å²) in [7, 11) is 0. The molecule has 1 heterocycles. The van der Waals surface area contributed by atoms with Crippen molar-refractivity contribution < 1.29 is 29.3 Å². The van der Waals surface area contributed by atoms with E-state index in [1.807, 2.05) is 24.3 Å². The SMILES string of the molecule is CC(=O)Nc1cccc(OCCCN2CC3CCCC3C2)c1.O=C(O)C(=O)O. The number of carbonyl (C=O) groups is 3. The first-order valence-corrected chi connectivity index (χ1v) is 9.54. The second kappa shape index (κ2) is 10.7. The maximum Gasteiger partial charge on any atom is 0.414 e. The highest BCUT2D eigenvalue weighted by molar-refractivity contribution is 6.27. The minimum Gasteiger partial charge on any atom is -0.493 e. The Morgan fingerprint density at radius 3 is 2.36 bits per heavy atom. The van der Waals surface area contributed by atoms with E-state index in [-0.39, 0.29) is 5.91 Å². The Morgan fingerprint density at radius 1 is 1.14 bits per heavy atom. The normalized spacial score (nSPS) is 20.6. The van der Waals surface area contributed by atoms with E-state index in [2.05, 4.69) is 10.2 Å². The van der Waals surface area contributed by atoms with Gasteiger partial charge in [-0.15, -0.1) is 0 Å². The second-order valence-electron chi connectivity index (χ2n) is 7.23. The number of hydrogen-bond donors (Lipinski definition) is 3. The van der Waals surface area contributed by atoms with Crippen molar-refractivity contribution in [2.75, 3.05) is 31.6 Å². The molecule has 2 unspecified atom stereocenters. The average molecular weight is 392 g/mol. The van der Waals surface area contributed by atoms with Gasteiger partial charge in [0, 0.05) is 38.3 Å². The van der Waals surface area contributed by atoms with Crippen molar-refractivity contribution in [3.63, 3.8) is 0 Å². The Balaban J connectivity index is 0.000000409. The highest BCUT2D eigenvalue weighted by Crippen LogP contribution is 2.37. The molecule has 154 valence electrons. The summed E-state index contributed by atoms with van der Waals surface area (Å²) >= 11 is 0. The van der Waals surface area contributed by atoms with Gasteiger partial charge in [-0.25, -0.2) is 9.59 Å². The number of fused-ring (bicyclic) bond motifs is 1. The first kappa shape index (κ1) is 21.7. The van der Waals surface area contributed by atoms with E-state index in [9.17, 15) is 4.79 Å². The van der Waals surface area contributed by atoms with Gasteiger partial charge < -0.3 is 25.2 Å². The topological polar surface area (TPSA) is 116 Å². The lowest BCUT2D eigenvalue weighted by molar-refractivity contribution is -0.159. The number of aliphatic carboxylic acids is 2. The van der Waals surface area contributed by atoms with E-state index in [4.69, 9.17) is 24.5 Å². The van der Waals surface area contributed by atoms with E-state index in [0.29, 0.717) is 0 Å². The lowest BCUT2D eigenvalue weighted by atomic mass is 10.0. The van der Waals surface area contributed by atoms with Crippen LogP contribution in [0.5, 0.6) is 5.75 Å². The quantitative estimate of drug-likeness (QED) is 0.502. The highest BCUT2D eigenvalue weighted by Gasteiger charge is 2.35. The predicted molar refractivity (Wildman–Crippen MR) is 103 cm³/mol. The standard InChI is InChI=1S/C18H26N2O2.C2H2O4/c1-14(21)19-17-7-3-8-18(11-17)22-10-4-9-20-12-15-5-2-6-16(15)13-20;3-1(4)2(5)6/h3,7-8,11,15-16H,2,4-6,9-10,12-13H2,1H3,(H,19,21);(H,3,4)(H,5,6). The molecular formula is C20H28N2O6. The fraction of sp³-hybridized carbons (Fsp3) is 0.550. The summed E-state index contributed by atoms with van der Waals surface area (Å²) in [5, 5.41) is 17.6. The largest absolute Gasteiger partial charge is 0.493 e. The van der Waals surface area contributed by atoms with Crippen LogP contribution in [0.4, 0.5) is 5.69 Å². The van der Waals surface area contributed by atoms with Crippen molar-refractivity contribution in [2.45, 2.75) is 32.6 Å². The van der Waals surface area contributed by atoms with Gasteiger partial charge in [-0.1, -0.05) is 12.5 Å². The Bertz CT molecular complexity index is 669. The molecule has 1 saturated heterocycles. The summed E-state index contributed by atoms with van der Waals surface area (Å²) < 4.78 is 5.80. The Kier molecular flexibility index (Phi) is 8.25. The number of anilines is 1. The molecule has 0 aromatic heterocycles. The number of likely N-dealkylation sites (tertiary alicyclic amines) is 1. The molecule has 2 fully saturated rings. The van der Waals surface area contributed by atoms with Crippen LogP contribution >= 0.6 is 0 Å².